The lowest BCUT2D eigenvalue weighted by molar-refractivity contribution is 0.629. The molecule has 0 aliphatic rings. The summed E-state index contributed by atoms with van der Waals surface area (Å²) < 4.78 is 16.0. The fourth-order valence-corrected chi connectivity index (χ4v) is 3.93. The highest BCUT2D eigenvalue weighted by Crippen LogP contribution is 2.35. The maximum absolute atomic E-state index is 14.2. The van der Waals surface area contributed by atoms with Gasteiger partial charge < -0.3 is 0 Å². The van der Waals surface area contributed by atoms with E-state index in [0.29, 0.717) is 10.4 Å². The lowest BCUT2D eigenvalue weighted by Gasteiger charge is -2.07. The Bertz CT molecular complexity index is 1450. The van der Waals surface area contributed by atoms with Crippen LogP contribution in [0.5, 0.6) is 0 Å². The van der Waals surface area contributed by atoms with Crippen molar-refractivity contribution < 1.29 is 4.39 Å². The van der Waals surface area contributed by atoms with Crippen LogP contribution in [0.1, 0.15) is 16.7 Å². The monoisotopic (exact) mass is 415 g/mol. The Hall–Kier alpha value is -3.24. The fourth-order valence-electron chi connectivity index (χ4n) is 3.76. The van der Waals surface area contributed by atoms with Crippen molar-refractivity contribution >= 4 is 33.4 Å². The Morgan fingerprint density at radius 2 is 1.63 bits per heavy atom. The minimum Gasteiger partial charge on any atom is -0.255 e. The van der Waals surface area contributed by atoms with Crippen LogP contribution in [0.2, 0.25) is 5.02 Å². The molecule has 3 nitrogen and oxygen atoms in total. The van der Waals surface area contributed by atoms with Crippen LogP contribution in [-0.2, 0) is 0 Å². The van der Waals surface area contributed by atoms with Crippen molar-refractivity contribution in [2.45, 2.75) is 20.8 Å². The van der Waals surface area contributed by atoms with Crippen LogP contribution in [0.15, 0.2) is 60.8 Å². The van der Waals surface area contributed by atoms with Crippen LogP contribution in [0.3, 0.4) is 0 Å². The summed E-state index contributed by atoms with van der Waals surface area (Å²) in [5.74, 6) is -0.306. The fraction of sp³-hybridized carbons (Fsp3) is 0.120. The second-order valence-electron chi connectivity index (χ2n) is 7.67. The van der Waals surface area contributed by atoms with Gasteiger partial charge in [0.25, 0.3) is 0 Å². The Morgan fingerprint density at radius 3 is 2.40 bits per heavy atom. The molecule has 0 unspecified atom stereocenters. The van der Waals surface area contributed by atoms with Gasteiger partial charge in [-0.15, -0.1) is 0 Å². The number of pyridine rings is 1. The number of fused-ring (bicyclic) bond motifs is 3. The van der Waals surface area contributed by atoms with Gasteiger partial charge in [-0.2, -0.15) is 5.10 Å². The van der Waals surface area contributed by atoms with Crippen LogP contribution in [0.25, 0.3) is 38.8 Å². The number of nitrogens with zero attached hydrogens (tertiary/aromatic N) is 3. The Balaban J connectivity index is 1.90. The molecule has 0 fully saturated rings. The van der Waals surface area contributed by atoms with Crippen molar-refractivity contribution in [3.05, 3.63) is 88.3 Å². The Morgan fingerprint density at radius 1 is 0.833 bits per heavy atom. The molecule has 148 valence electrons. The van der Waals surface area contributed by atoms with Crippen LogP contribution in [0.4, 0.5) is 4.39 Å². The van der Waals surface area contributed by atoms with E-state index in [1.165, 1.54) is 23.3 Å². The van der Waals surface area contributed by atoms with E-state index in [-0.39, 0.29) is 5.82 Å². The Kier molecular flexibility index (Phi) is 4.33. The summed E-state index contributed by atoms with van der Waals surface area (Å²) in [4.78, 5) is 4.57. The van der Waals surface area contributed by atoms with Gasteiger partial charge in [-0.1, -0.05) is 29.8 Å². The molecule has 30 heavy (non-hydrogen) atoms. The van der Waals surface area contributed by atoms with E-state index in [9.17, 15) is 4.39 Å². The third-order valence-corrected chi connectivity index (χ3v) is 6.06. The molecule has 0 aliphatic heterocycles. The van der Waals surface area contributed by atoms with E-state index < -0.39 is 0 Å². The van der Waals surface area contributed by atoms with Gasteiger partial charge in [-0.3, -0.25) is 4.98 Å². The zero-order valence-corrected chi connectivity index (χ0v) is 17.6. The smallest absolute Gasteiger partial charge is 0.124 e. The van der Waals surface area contributed by atoms with Gasteiger partial charge in [0.05, 0.1) is 16.7 Å². The predicted molar refractivity (Wildman–Crippen MR) is 121 cm³/mol. The standard InChI is InChI=1S/C25H19ClFN3/c1-14-4-6-17(10-16(14)3)24-21-13-28-23-9-7-18(27)11-20(23)25(21)30(29-24)19-8-5-15(2)22(26)12-19/h4-13H,1-3H3. The van der Waals surface area contributed by atoms with Crippen molar-refractivity contribution in [1.82, 2.24) is 14.8 Å². The number of aromatic nitrogens is 3. The molecule has 3 aromatic carbocycles. The lowest BCUT2D eigenvalue weighted by atomic mass is 10.0. The average molecular weight is 416 g/mol. The van der Waals surface area contributed by atoms with Crippen molar-refractivity contribution in [3.8, 4) is 16.9 Å². The van der Waals surface area contributed by atoms with E-state index >= 15 is 0 Å². The van der Waals surface area contributed by atoms with Crippen LogP contribution in [-0.4, -0.2) is 14.8 Å². The average Bonchev–Trinajstić information content (AvgIpc) is 3.12. The highest BCUT2D eigenvalue weighted by molar-refractivity contribution is 6.31. The van der Waals surface area contributed by atoms with Crippen LogP contribution < -0.4 is 0 Å². The number of aryl methyl sites for hydroxylation is 3. The molecule has 0 saturated heterocycles. The first-order valence-electron chi connectivity index (χ1n) is 9.73. The molecule has 5 aromatic rings. The number of rotatable bonds is 2. The first-order chi connectivity index (χ1) is 14.4. The van der Waals surface area contributed by atoms with E-state index in [1.54, 1.807) is 6.07 Å². The zero-order valence-electron chi connectivity index (χ0n) is 16.9. The maximum Gasteiger partial charge on any atom is 0.124 e. The SMILES string of the molecule is Cc1ccc(-c2nn(-c3ccc(C)c(Cl)c3)c3c2cnc2ccc(F)cc23)cc1C. The lowest BCUT2D eigenvalue weighted by Crippen LogP contribution is -1.98. The van der Waals surface area contributed by atoms with Gasteiger partial charge in [0.15, 0.2) is 0 Å². The van der Waals surface area contributed by atoms with Gasteiger partial charge in [-0.05, 0) is 73.9 Å². The van der Waals surface area contributed by atoms with Gasteiger partial charge in [0, 0.05) is 27.6 Å². The normalized spacial score (nSPS) is 11.5. The quantitative estimate of drug-likeness (QED) is 0.312. The molecule has 0 bridgehead atoms. The van der Waals surface area contributed by atoms with Crippen LogP contribution in [0, 0.1) is 26.6 Å². The van der Waals surface area contributed by atoms with Crippen molar-refractivity contribution in [1.29, 1.82) is 0 Å². The third-order valence-electron chi connectivity index (χ3n) is 5.65. The number of halogens is 2. The van der Waals surface area contributed by atoms with Crippen molar-refractivity contribution in [2.75, 3.05) is 0 Å². The molecule has 2 aromatic heterocycles. The first-order valence-corrected chi connectivity index (χ1v) is 10.1. The van der Waals surface area contributed by atoms with Crippen molar-refractivity contribution in [2.24, 2.45) is 0 Å². The van der Waals surface area contributed by atoms with Crippen molar-refractivity contribution in [3.63, 3.8) is 0 Å². The number of benzene rings is 3. The molecule has 0 aliphatic carbocycles. The number of hydrogen-bond acceptors (Lipinski definition) is 2. The molecule has 0 amide bonds. The van der Waals surface area contributed by atoms with Gasteiger partial charge in [-0.25, -0.2) is 9.07 Å². The van der Waals surface area contributed by atoms with E-state index in [1.807, 2.05) is 36.0 Å². The molecular formula is C25H19ClFN3. The molecule has 0 radical (unpaired) electrons. The molecule has 2 heterocycles. The minimum atomic E-state index is -0.306. The van der Waals surface area contributed by atoms with Gasteiger partial charge in [0.2, 0.25) is 0 Å². The summed E-state index contributed by atoms with van der Waals surface area (Å²) in [5.41, 5.74) is 7.56. The highest BCUT2D eigenvalue weighted by atomic mass is 35.5. The van der Waals surface area contributed by atoms with Gasteiger partial charge >= 0.3 is 0 Å². The summed E-state index contributed by atoms with van der Waals surface area (Å²) in [7, 11) is 0. The molecule has 0 spiro atoms. The molecule has 5 heteroatoms. The second kappa shape index (κ2) is 6.92. The first kappa shape index (κ1) is 18.8. The maximum atomic E-state index is 14.2. The highest BCUT2D eigenvalue weighted by Gasteiger charge is 2.18. The zero-order chi connectivity index (χ0) is 21.0. The molecule has 0 saturated carbocycles. The molecular weight excluding hydrogens is 397 g/mol. The molecule has 0 atom stereocenters. The Labute approximate surface area is 178 Å². The summed E-state index contributed by atoms with van der Waals surface area (Å²) in [6.45, 7) is 6.13. The summed E-state index contributed by atoms with van der Waals surface area (Å²) in [6.07, 6.45) is 1.82. The summed E-state index contributed by atoms with van der Waals surface area (Å²) in [5, 5.41) is 7.19. The summed E-state index contributed by atoms with van der Waals surface area (Å²) >= 11 is 6.41. The largest absolute Gasteiger partial charge is 0.255 e. The van der Waals surface area contributed by atoms with Crippen LogP contribution >= 0.6 is 11.6 Å². The third kappa shape index (κ3) is 2.96. The van der Waals surface area contributed by atoms with E-state index in [2.05, 4.69) is 37.0 Å². The molecule has 0 N–H and O–H groups in total. The topological polar surface area (TPSA) is 30.7 Å². The van der Waals surface area contributed by atoms with E-state index in [0.717, 1.165) is 38.9 Å². The number of hydrogen-bond donors (Lipinski definition) is 0. The minimum absolute atomic E-state index is 0.306. The summed E-state index contributed by atoms with van der Waals surface area (Å²) in [6, 6.07) is 16.7. The van der Waals surface area contributed by atoms with Gasteiger partial charge in [0.1, 0.15) is 11.5 Å². The second-order valence-corrected chi connectivity index (χ2v) is 8.08. The molecule has 5 rings (SSSR count). The van der Waals surface area contributed by atoms with E-state index in [4.69, 9.17) is 16.7 Å². The predicted octanol–water partition coefficient (Wildman–Crippen LogP) is 6.96.